The quantitative estimate of drug-likeness (QED) is 0.234. The molecule has 0 saturated heterocycles. The number of halogens is 1. The molecule has 1 fully saturated rings. The van der Waals surface area contributed by atoms with Crippen molar-refractivity contribution in [3.8, 4) is 5.75 Å². The largest absolute Gasteiger partial charge is 0.495 e. The average Bonchev–Trinajstić information content (AvgIpc) is 3.01. The maximum Gasteiger partial charge on any atom is 0.243 e. The molecular weight excluding hydrogens is 598 g/mol. The summed E-state index contributed by atoms with van der Waals surface area (Å²) in [5, 5.41) is 3.78. The third kappa shape index (κ3) is 9.47. The molecule has 0 bridgehead atoms. The van der Waals surface area contributed by atoms with Crippen LogP contribution in [0.4, 0.5) is 5.69 Å². The number of para-hydroxylation sites is 2. The Morgan fingerprint density at radius 2 is 1.64 bits per heavy atom. The molecule has 1 N–H and O–H groups in total. The number of anilines is 1. The van der Waals surface area contributed by atoms with Gasteiger partial charge in [0.15, 0.2) is 0 Å². The molecule has 4 rings (SSSR count). The first-order valence-corrected chi connectivity index (χ1v) is 17.4. The Morgan fingerprint density at radius 1 is 0.955 bits per heavy atom. The van der Waals surface area contributed by atoms with Gasteiger partial charge in [-0.2, -0.15) is 0 Å². The Hall–Kier alpha value is -3.56. The lowest BCUT2D eigenvalue weighted by Crippen LogP contribution is -2.52. The SMILES string of the molecule is COc1ccccc1N(CCCC(=O)N(Cc1cccc(Cl)c1)C(Cc1ccccc1)C(=O)NC1CCCCC1)S(C)(=O)=O. The molecule has 0 aliphatic heterocycles. The molecule has 0 radical (unpaired) electrons. The molecule has 3 aromatic rings. The van der Waals surface area contributed by atoms with E-state index >= 15 is 0 Å². The first-order valence-electron chi connectivity index (χ1n) is 15.1. The smallest absolute Gasteiger partial charge is 0.243 e. The van der Waals surface area contributed by atoms with E-state index in [9.17, 15) is 18.0 Å². The van der Waals surface area contributed by atoms with E-state index in [0.717, 1.165) is 43.1 Å². The normalized spacial score (nSPS) is 14.4. The van der Waals surface area contributed by atoms with Gasteiger partial charge in [-0.25, -0.2) is 8.42 Å². The molecule has 1 aliphatic carbocycles. The van der Waals surface area contributed by atoms with Crippen LogP contribution >= 0.6 is 11.6 Å². The molecule has 44 heavy (non-hydrogen) atoms. The molecule has 236 valence electrons. The standard InChI is InChI=1S/C34H42ClN3O5S/c1-43-32-20-10-9-19-30(32)38(44(2,41)42)22-12-21-33(39)37(25-27-15-11-16-28(35)23-27)31(24-26-13-5-3-6-14-26)34(40)36-29-17-7-4-8-18-29/h3,5-6,9-11,13-16,19-20,23,29,31H,4,7-8,12,17-18,21-22,24-25H2,1-2H3,(H,36,40). The summed E-state index contributed by atoms with van der Waals surface area (Å²) in [6, 6.07) is 23.2. The maximum atomic E-state index is 14.1. The van der Waals surface area contributed by atoms with Crippen molar-refractivity contribution in [2.24, 2.45) is 0 Å². The highest BCUT2D eigenvalue weighted by molar-refractivity contribution is 7.92. The summed E-state index contributed by atoms with van der Waals surface area (Å²) in [7, 11) is -2.17. The maximum absolute atomic E-state index is 14.1. The highest BCUT2D eigenvalue weighted by atomic mass is 35.5. The summed E-state index contributed by atoms with van der Waals surface area (Å²) in [6.07, 6.45) is 6.94. The lowest BCUT2D eigenvalue weighted by atomic mass is 9.94. The number of nitrogens with zero attached hydrogens (tertiary/aromatic N) is 2. The first kappa shape index (κ1) is 33.3. The van der Waals surface area contributed by atoms with E-state index in [-0.39, 0.29) is 43.8 Å². The van der Waals surface area contributed by atoms with Crippen LogP contribution in [0.1, 0.15) is 56.1 Å². The van der Waals surface area contributed by atoms with Crippen LogP contribution < -0.4 is 14.4 Å². The highest BCUT2D eigenvalue weighted by Gasteiger charge is 2.32. The third-order valence-electron chi connectivity index (χ3n) is 7.97. The lowest BCUT2D eigenvalue weighted by molar-refractivity contribution is -0.141. The number of benzene rings is 3. The summed E-state index contributed by atoms with van der Waals surface area (Å²) >= 11 is 6.30. The number of hydrogen-bond donors (Lipinski definition) is 1. The number of carbonyl (C=O) groups is 2. The summed E-state index contributed by atoms with van der Waals surface area (Å²) in [6.45, 7) is 0.269. The van der Waals surface area contributed by atoms with Crippen molar-refractivity contribution in [3.63, 3.8) is 0 Å². The van der Waals surface area contributed by atoms with Gasteiger partial charge in [0.1, 0.15) is 11.8 Å². The Kier molecular flexibility index (Phi) is 12.1. The minimum Gasteiger partial charge on any atom is -0.495 e. The van der Waals surface area contributed by atoms with Crippen LogP contribution in [-0.2, 0) is 32.6 Å². The minimum atomic E-state index is -3.66. The van der Waals surface area contributed by atoms with Crippen LogP contribution in [0, 0.1) is 0 Å². The summed E-state index contributed by atoms with van der Waals surface area (Å²) in [4.78, 5) is 29.7. The predicted molar refractivity (Wildman–Crippen MR) is 175 cm³/mol. The van der Waals surface area contributed by atoms with E-state index in [2.05, 4.69) is 5.32 Å². The third-order valence-corrected chi connectivity index (χ3v) is 9.39. The Morgan fingerprint density at radius 3 is 2.32 bits per heavy atom. The number of nitrogens with one attached hydrogen (secondary N) is 1. The van der Waals surface area contributed by atoms with E-state index in [1.807, 2.05) is 42.5 Å². The Bertz CT molecular complexity index is 1500. The van der Waals surface area contributed by atoms with Crippen molar-refractivity contribution in [3.05, 3.63) is 95.0 Å². The summed E-state index contributed by atoms with van der Waals surface area (Å²) in [5.74, 6) is 0.00948. The number of carbonyl (C=O) groups excluding carboxylic acids is 2. The van der Waals surface area contributed by atoms with Gasteiger partial charge in [-0.05, 0) is 54.7 Å². The Labute approximate surface area is 266 Å². The molecule has 3 aromatic carbocycles. The van der Waals surface area contributed by atoms with E-state index < -0.39 is 16.1 Å². The van der Waals surface area contributed by atoms with Crippen LogP contribution in [0.5, 0.6) is 5.75 Å². The van der Waals surface area contributed by atoms with Gasteiger partial charge in [0, 0.05) is 37.0 Å². The lowest BCUT2D eigenvalue weighted by Gasteiger charge is -2.34. The molecule has 1 aliphatic rings. The zero-order chi connectivity index (χ0) is 31.5. The zero-order valence-corrected chi connectivity index (χ0v) is 27.0. The van der Waals surface area contributed by atoms with Gasteiger partial charge in [-0.1, -0.05) is 85.5 Å². The molecule has 0 heterocycles. The van der Waals surface area contributed by atoms with E-state index in [1.54, 1.807) is 41.3 Å². The van der Waals surface area contributed by atoms with Crippen LogP contribution in [0.25, 0.3) is 0 Å². The Balaban J connectivity index is 1.60. The zero-order valence-electron chi connectivity index (χ0n) is 25.5. The predicted octanol–water partition coefficient (Wildman–Crippen LogP) is 5.98. The number of methoxy groups -OCH3 is 1. The van der Waals surface area contributed by atoms with Crippen LogP contribution in [0.3, 0.4) is 0 Å². The number of sulfonamides is 1. The van der Waals surface area contributed by atoms with Crippen LogP contribution in [-0.4, -0.2) is 57.1 Å². The molecular formula is C34H42ClN3O5S. The van der Waals surface area contributed by atoms with Crippen molar-refractivity contribution < 1.29 is 22.7 Å². The second-order valence-corrected chi connectivity index (χ2v) is 13.7. The molecule has 0 spiro atoms. The minimum absolute atomic E-state index is 0.0454. The fourth-order valence-electron chi connectivity index (χ4n) is 5.75. The van der Waals surface area contributed by atoms with Crippen LogP contribution in [0.15, 0.2) is 78.9 Å². The molecule has 0 aromatic heterocycles. The van der Waals surface area contributed by atoms with Gasteiger partial charge in [-0.15, -0.1) is 0 Å². The van der Waals surface area contributed by atoms with Crippen molar-refractivity contribution in [1.29, 1.82) is 0 Å². The topological polar surface area (TPSA) is 96.0 Å². The summed E-state index contributed by atoms with van der Waals surface area (Å²) < 4.78 is 32.2. The molecule has 10 heteroatoms. The molecule has 1 unspecified atom stereocenters. The van der Waals surface area contributed by atoms with E-state index in [0.29, 0.717) is 22.9 Å². The van der Waals surface area contributed by atoms with Gasteiger partial charge in [0.05, 0.1) is 19.1 Å². The van der Waals surface area contributed by atoms with E-state index in [1.165, 1.54) is 17.8 Å². The fourth-order valence-corrected chi connectivity index (χ4v) is 6.93. The van der Waals surface area contributed by atoms with Gasteiger partial charge < -0.3 is 15.0 Å². The van der Waals surface area contributed by atoms with Crippen molar-refractivity contribution in [2.45, 2.75) is 70.0 Å². The van der Waals surface area contributed by atoms with Crippen molar-refractivity contribution in [1.82, 2.24) is 10.2 Å². The van der Waals surface area contributed by atoms with Gasteiger partial charge in [-0.3, -0.25) is 13.9 Å². The first-order chi connectivity index (χ1) is 21.2. The number of ether oxygens (including phenoxy) is 1. The second-order valence-electron chi connectivity index (χ2n) is 11.3. The average molecular weight is 640 g/mol. The van der Waals surface area contributed by atoms with Crippen LogP contribution in [0.2, 0.25) is 5.02 Å². The van der Waals surface area contributed by atoms with Crippen molar-refractivity contribution in [2.75, 3.05) is 24.2 Å². The van der Waals surface area contributed by atoms with E-state index in [4.69, 9.17) is 16.3 Å². The molecule has 1 saturated carbocycles. The van der Waals surface area contributed by atoms with Crippen molar-refractivity contribution >= 4 is 39.1 Å². The van der Waals surface area contributed by atoms with Gasteiger partial charge in [0.25, 0.3) is 0 Å². The number of rotatable bonds is 14. The van der Waals surface area contributed by atoms with Gasteiger partial charge in [0.2, 0.25) is 21.8 Å². The summed E-state index contributed by atoms with van der Waals surface area (Å²) in [5.41, 5.74) is 2.16. The van der Waals surface area contributed by atoms with Gasteiger partial charge >= 0.3 is 0 Å². The fraction of sp³-hybridized carbons (Fsp3) is 0.412. The molecule has 8 nitrogen and oxygen atoms in total. The number of amides is 2. The molecule has 2 amide bonds. The molecule has 1 atom stereocenters. The second kappa shape index (κ2) is 16.0. The highest BCUT2D eigenvalue weighted by Crippen LogP contribution is 2.30. The monoisotopic (exact) mass is 639 g/mol. The number of hydrogen-bond acceptors (Lipinski definition) is 5.